The molecule has 0 aliphatic heterocycles. The molecule has 2 N–H and O–H groups in total. The Bertz CT molecular complexity index is 1020. The highest BCUT2D eigenvalue weighted by Gasteiger charge is 2.22. The highest BCUT2D eigenvalue weighted by molar-refractivity contribution is 7.89. The summed E-state index contributed by atoms with van der Waals surface area (Å²) in [6, 6.07) is 12.6. The smallest absolute Gasteiger partial charge is 0.238 e. The quantitative estimate of drug-likeness (QED) is 0.827. The van der Waals surface area contributed by atoms with Crippen molar-refractivity contribution in [1.29, 1.82) is 0 Å². The first-order valence-corrected chi connectivity index (χ1v) is 10.1. The van der Waals surface area contributed by atoms with Crippen molar-refractivity contribution < 1.29 is 17.9 Å². The maximum Gasteiger partial charge on any atom is 0.238 e. The van der Waals surface area contributed by atoms with Crippen molar-refractivity contribution in [2.24, 2.45) is 5.14 Å². The fourth-order valence-corrected chi connectivity index (χ4v) is 3.93. The monoisotopic (exact) mass is 385 g/mol. The zero-order valence-electron chi connectivity index (χ0n) is 15.7. The summed E-state index contributed by atoms with van der Waals surface area (Å²) in [6.07, 6.45) is 2.91. The van der Waals surface area contributed by atoms with E-state index in [4.69, 9.17) is 14.6 Å². The van der Waals surface area contributed by atoms with E-state index >= 15 is 0 Å². The van der Waals surface area contributed by atoms with E-state index in [9.17, 15) is 8.42 Å². The molecular weight excluding hydrogens is 362 g/mol. The second-order valence-electron chi connectivity index (χ2n) is 6.57. The summed E-state index contributed by atoms with van der Waals surface area (Å²) in [5.74, 6) is 0.815. The molecule has 6 heteroatoms. The summed E-state index contributed by atoms with van der Waals surface area (Å²) in [5.41, 5.74) is 6.74. The Kier molecular flexibility index (Phi) is 5.51. The number of nitrogens with two attached hydrogens (primary N) is 1. The molecule has 0 heterocycles. The van der Waals surface area contributed by atoms with Crippen molar-refractivity contribution in [2.45, 2.75) is 18.2 Å². The Morgan fingerprint density at radius 1 is 1.15 bits per heavy atom. The zero-order chi connectivity index (χ0) is 19.6. The van der Waals surface area contributed by atoms with Gasteiger partial charge in [0.25, 0.3) is 0 Å². The molecule has 0 unspecified atom stereocenters. The number of rotatable bonds is 6. The van der Waals surface area contributed by atoms with Gasteiger partial charge in [-0.05, 0) is 71.5 Å². The Labute approximate surface area is 160 Å². The first-order chi connectivity index (χ1) is 12.8. The Morgan fingerprint density at radius 3 is 2.44 bits per heavy atom. The van der Waals surface area contributed by atoms with Crippen LogP contribution < -0.4 is 9.88 Å². The summed E-state index contributed by atoms with van der Waals surface area (Å²) in [7, 11) is -0.378. The zero-order valence-corrected chi connectivity index (χ0v) is 16.5. The van der Waals surface area contributed by atoms with E-state index in [2.05, 4.69) is 19.1 Å². The van der Waals surface area contributed by atoms with Crippen LogP contribution in [0.5, 0.6) is 5.75 Å². The van der Waals surface area contributed by atoms with Crippen LogP contribution in [0.3, 0.4) is 0 Å². The fourth-order valence-electron chi connectivity index (χ4n) is 3.42. The Balaban J connectivity index is 2.04. The molecule has 142 valence electrons. The summed E-state index contributed by atoms with van der Waals surface area (Å²) in [5, 5.41) is 5.17. The second kappa shape index (κ2) is 7.68. The standard InChI is InChI=1S/C21H23NO4S/c1-14-10-16-6-7-18(26-3)12-20(16)21(14)17(13-25-2)11-15-4-8-19(9-5-15)27(22,23)24/h4-9,11-12H,10,13H2,1-3H3,(H2,22,23,24)/b17-11-. The topological polar surface area (TPSA) is 78.6 Å². The van der Waals surface area contributed by atoms with Crippen molar-refractivity contribution in [3.8, 4) is 5.75 Å². The molecule has 0 atom stereocenters. The summed E-state index contributed by atoms with van der Waals surface area (Å²) >= 11 is 0. The average Bonchev–Trinajstić information content (AvgIpc) is 2.95. The van der Waals surface area contributed by atoms with Crippen LogP contribution in [-0.2, 0) is 21.2 Å². The summed E-state index contributed by atoms with van der Waals surface area (Å²) in [4.78, 5) is 0.0966. The predicted octanol–water partition coefficient (Wildman–Crippen LogP) is 3.40. The minimum Gasteiger partial charge on any atom is -0.497 e. The van der Waals surface area contributed by atoms with Crippen LogP contribution in [0, 0.1) is 0 Å². The van der Waals surface area contributed by atoms with E-state index in [-0.39, 0.29) is 4.90 Å². The van der Waals surface area contributed by atoms with Gasteiger partial charge >= 0.3 is 0 Å². The van der Waals surface area contributed by atoms with Gasteiger partial charge in [-0.3, -0.25) is 0 Å². The van der Waals surface area contributed by atoms with E-state index in [1.54, 1.807) is 26.4 Å². The van der Waals surface area contributed by atoms with E-state index in [1.807, 2.05) is 12.1 Å². The molecule has 0 saturated heterocycles. The third-order valence-electron chi connectivity index (χ3n) is 4.64. The molecule has 0 amide bonds. The molecule has 0 aromatic heterocycles. The lowest BCUT2D eigenvalue weighted by Crippen LogP contribution is -2.11. The van der Waals surface area contributed by atoms with E-state index in [0.717, 1.165) is 34.4 Å². The molecule has 2 aromatic carbocycles. The van der Waals surface area contributed by atoms with Gasteiger partial charge in [-0.2, -0.15) is 0 Å². The van der Waals surface area contributed by atoms with E-state index in [0.29, 0.717) is 6.61 Å². The molecule has 1 aliphatic carbocycles. The van der Waals surface area contributed by atoms with Gasteiger partial charge in [-0.25, -0.2) is 13.6 Å². The number of allylic oxidation sites excluding steroid dienone is 1. The number of fused-ring (bicyclic) bond motifs is 1. The van der Waals surface area contributed by atoms with Gasteiger partial charge in [0.1, 0.15) is 5.75 Å². The van der Waals surface area contributed by atoms with Gasteiger partial charge in [-0.1, -0.05) is 23.8 Å². The lowest BCUT2D eigenvalue weighted by atomic mass is 9.96. The van der Waals surface area contributed by atoms with Crippen LogP contribution >= 0.6 is 0 Å². The average molecular weight is 385 g/mol. The number of methoxy groups -OCH3 is 2. The molecule has 5 nitrogen and oxygen atoms in total. The highest BCUT2D eigenvalue weighted by Crippen LogP contribution is 2.40. The van der Waals surface area contributed by atoms with Crippen molar-refractivity contribution >= 4 is 21.7 Å². The maximum atomic E-state index is 11.4. The molecule has 0 radical (unpaired) electrons. The van der Waals surface area contributed by atoms with Crippen LogP contribution in [0.4, 0.5) is 0 Å². The van der Waals surface area contributed by atoms with Crippen molar-refractivity contribution in [3.63, 3.8) is 0 Å². The molecule has 1 aliphatic rings. The van der Waals surface area contributed by atoms with Crippen molar-refractivity contribution in [3.05, 3.63) is 70.3 Å². The number of primary sulfonamides is 1. The normalized spacial score (nSPS) is 14.4. The molecule has 0 fully saturated rings. The van der Waals surface area contributed by atoms with Crippen molar-refractivity contribution in [1.82, 2.24) is 0 Å². The third kappa shape index (κ3) is 4.13. The molecule has 27 heavy (non-hydrogen) atoms. The van der Waals surface area contributed by atoms with Crippen LogP contribution in [0.2, 0.25) is 0 Å². The number of hydrogen-bond donors (Lipinski definition) is 1. The predicted molar refractivity (Wildman–Crippen MR) is 107 cm³/mol. The summed E-state index contributed by atoms with van der Waals surface area (Å²) in [6.45, 7) is 2.57. The number of benzene rings is 2. The van der Waals surface area contributed by atoms with E-state index < -0.39 is 10.0 Å². The SMILES string of the molecule is COC/C(=C/c1ccc(S(N)(=O)=O)cc1)C1=C(C)Cc2ccc(OC)cc21. The molecule has 3 rings (SSSR count). The Morgan fingerprint density at radius 2 is 1.85 bits per heavy atom. The van der Waals surface area contributed by atoms with Gasteiger partial charge in [0.15, 0.2) is 0 Å². The highest BCUT2D eigenvalue weighted by atomic mass is 32.2. The van der Waals surface area contributed by atoms with Crippen LogP contribution in [-0.4, -0.2) is 29.2 Å². The maximum absolute atomic E-state index is 11.4. The fraction of sp³-hybridized carbons (Fsp3) is 0.238. The molecule has 2 aromatic rings. The minimum absolute atomic E-state index is 0.0966. The summed E-state index contributed by atoms with van der Waals surface area (Å²) < 4.78 is 33.7. The molecular formula is C21H23NO4S. The van der Waals surface area contributed by atoms with Gasteiger partial charge in [0, 0.05) is 7.11 Å². The first kappa shape index (κ1) is 19.4. The lowest BCUT2D eigenvalue weighted by Gasteiger charge is -2.13. The lowest BCUT2D eigenvalue weighted by molar-refractivity contribution is 0.229. The van der Waals surface area contributed by atoms with Gasteiger partial charge in [0.05, 0.1) is 18.6 Å². The van der Waals surface area contributed by atoms with Gasteiger partial charge in [0.2, 0.25) is 10.0 Å². The second-order valence-corrected chi connectivity index (χ2v) is 8.13. The third-order valence-corrected chi connectivity index (χ3v) is 5.57. The minimum atomic E-state index is -3.70. The van der Waals surface area contributed by atoms with Crippen LogP contribution in [0.15, 0.2) is 58.5 Å². The number of ether oxygens (including phenoxy) is 2. The Hall–Kier alpha value is -2.41. The van der Waals surface area contributed by atoms with E-state index in [1.165, 1.54) is 23.3 Å². The first-order valence-electron chi connectivity index (χ1n) is 8.53. The van der Waals surface area contributed by atoms with Crippen LogP contribution in [0.1, 0.15) is 23.6 Å². The van der Waals surface area contributed by atoms with Crippen LogP contribution in [0.25, 0.3) is 11.6 Å². The largest absolute Gasteiger partial charge is 0.497 e. The van der Waals surface area contributed by atoms with Crippen molar-refractivity contribution in [2.75, 3.05) is 20.8 Å². The molecule has 0 bridgehead atoms. The van der Waals surface area contributed by atoms with Gasteiger partial charge < -0.3 is 9.47 Å². The number of hydrogen-bond acceptors (Lipinski definition) is 4. The van der Waals surface area contributed by atoms with Gasteiger partial charge in [-0.15, -0.1) is 0 Å². The molecule has 0 spiro atoms. The molecule has 0 saturated carbocycles. The number of sulfonamides is 1.